The van der Waals surface area contributed by atoms with Crippen molar-refractivity contribution in [3.05, 3.63) is 36.0 Å². The molecule has 5 nitrogen and oxygen atoms in total. The van der Waals surface area contributed by atoms with Crippen LogP contribution in [0.25, 0.3) is 10.9 Å². The highest BCUT2D eigenvalue weighted by atomic mass is 19.3. The van der Waals surface area contributed by atoms with Gasteiger partial charge in [-0.05, 0) is 30.9 Å². The second-order valence-corrected chi connectivity index (χ2v) is 7.01. The van der Waals surface area contributed by atoms with E-state index in [1.54, 1.807) is 12.1 Å². The van der Waals surface area contributed by atoms with Gasteiger partial charge in [0, 0.05) is 23.9 Å². The average Bonchev–Trinajstić information content (AvgIpc) is 3.41. The fraction of sp³-hybridized carbons (Fsp3) is 0.450. The van der Waals surface area contributed by atoms with E-state index in [2.05, 4.69) is 4.98 Å². The van der Waals surface area contributed by atoms with Crippen molar-refractivity contribution in [1.29, 1.82) is 5.26 Å². The zero-order chi connectivity index (χ0) is 19.0. The Kier molecular flexibility index (Phi) is 4.42. The summed E-state index contributed by atoms with van der Waals surface area (Å²) in [6.45, 7) is -0.0191. The van der Waals surface area contributed by atoms with Gasteiger partial charge in [0.25, 0.3) is 5.92 Å². The first-order valence-electron chi connectivity index (χ1n) is 8.98. The molecule has 0 bridgehead atoms. The molecule has 140 valence electrons. The van der Waals surface area contributed by atoms with Crippen molar-refractivity contribution >= 4 is 16.9 Å². The number of para-hydroxylation sites is 1. The van der Waals surface area contributed by atoms with E-state index in [1.165, 1.54) is 6.20 Å². The maximum atomic E-state index is 13.8. The number of hydrogen-bond acceptors (Lipinski definition) is 5. The first-order chi connectivity index (χ1) is 13.0. The fourth-order valence-electron chi connectivity index (χ4n) is 4.10. The molecule has 1 heterocycles. The van der Waals surface area contributed by atoms with Gasteiger partial charge in [0.05, 0.1) is 11.4 Å². The van der Waals surface area contributed by atoms with Crippen LogP contribution in [0.4, 0.5) is 8.78 Å². The number of alkyl halides is 2. The predicted molar refractivity (Wildman–Crippen MR) is 92.2 cm³/mol. The number of nitrogens with zero attached hydrogens (tertiary/aromatic N) is 2. The molecule has 27 heavy (non-hydrogen) atoms. The number of fused-ring (bicyclic) bond motifs is 2. The molecular weight excluding hydrogens is 354 g/mol. The van der Waals surface area contributed by atoms with E-state index >= 15 is 0 Å². The van der Waals surface area contributed by atoms with Gasteiger partial charge in [-0.1, -0.05) is 12.1 Å². The van der Waals surface area contributed by atoms with Crippen LogP contribution in [-0.4, -0.2) is 30.1 Å². The largest absolute Gasteiger partial charge is 0.488 e. The maximum Gasteiger partial charge on any atom is 0.309 e. The Balaban J connectivity index is 1.36. The molecule has 2 aromatic rings. The van der Waals surface area contributed by atoms with Gasteiger partial charge in [-0.25, -0.2) is 8.78 Å². The maximum absolute atomic E-state index is 13.8. The molecule has 7 heteroatoms. The molecule has 3 unspecified atom stereocenters. The quantitative estimate of drug-likeness (QED) is 0.591. The Labute approximate surface area is 154 Å². The van der Waals surface area contributed by atoms with Crippen molar-refractivity contribution in [1.82, 2.24) is 4.98 Å². The van der Waals surface area contributed by atoms with E-state index in [1.807, 2.05) is 18.2 Å². The van der Waals surface area contributed by atoms with Crippen LogP contribution in [0.1, 0.15) is 24.8 Å². The van der Waals surface area contributed by atoms with Gasteiger partial charge in [-0.3, -0.25) is 9.78 Å². The van der Waals surface area contributed by atoms with Crippen LogP contribution in [0.3, 0.4) is 0 Å². The highest BCUT2D eigenvalue weighted by molar-refractivity contribution is 5.87. The van der Waals surface area contributed by atoms with Crippen molar-refractivity contribution < 1.29 is 23.0 Å². The Hall–Kier alpha value is -2.75. The fourth-order valence-corrected chi connectivity index (χ4v) is 4.10. The molecule has 2 saturated carbocycles. The third-order valence-corrected chi connectivity index (χ3v) is 5.40. The minimum atomic E-state index is -2.76. The monoisotopic (exact) mass is 372 g/mol. The lowest BCUT2D eigenvalue weighted by Gasteiger charge is -2.19. The van der Waals surface area contributed by atoms with Crippen molar-refractivity contribution in [3.8, 4) is 11.8 Å². The summed E-state index contributed by atoms with van der Waals surface area (Å²) in [5.74, 6) is -4.77. The smallest absolute Gasteiger partial charge is 0.309 e. The summed E-state index contributed by atoms with van der Waals surface area (Å²) in [5.41, 5.74) is 0.973. The van der Waals surface area contributed by atoms with Gasteiger partial charge < -0.3 is 9.47 Å². The Morgan fingerprint density at radius 1 is 1.33 bits per heavy atom. The van der Waals surface area contributed by atoms with Gasteiger partial charge in [-0.2, -0.15) is 5.26 Å². The molecule has 0 spiro atoms. The van der Waals surface area contributed by atoms with Gasteiger partial charge >= 0.3 is 5.97 Å². The lowest BCUT2D eigenvalue weighted by Crippen LogP contribution is -2.25. The second-order valence-electron chi connectivity index (χ2n) is 7.01. The van der Waals surface area contributed by atoms with Gasteiger partial charge in [0.1, 0.15) is 30.6 Å². The number of esters is 1. The van der Waals surface area contributed by atoms with Crippen molar-refractivity contribution in [2.24, 2.45) is 17.8 Å². The van der Waals surface area contributed by atoms with Crippen LogP contribution >= 0.6 is 0 Å². The number of hydrogen-bond donors (Lipinski definition) is 0. The lowest BCUT2D eigenvalue weighted by molar-refractivity contribution is -0.148. The van der Waals surface area contributed by atoms with Gasteiger partial charge in [-0.15, -0.1) is 0 Å². The van der Waals surface area contributed by atoms with Crippen molar-refractivity contribution in [3.63, 3.8) is 0 Å². The molecule has 2 aliphatic rings. The molecule has 0 saturated heterocycles. The molecule has 2 aliphatic carbocycles. The molecule has 0 amide bonds. The number of aromatic nitrogens is 1. The highest BCUT2D eigenvalue weighted by Crippen LogP contribution is 2.62. The third kappa shape index (κ3) is 3.20. The number of carbonyl (C=O) groups excluding carboxylic acids is 1. The van der Waals surface area contributed by atoms with E-state index in [0.717, 1.165) is 0 Å². The summed E-state index contributed by atoms with van der Waals surface area (Å²) in [5, 5.41) is 9.94. The molecule has 0 radical (unpaired) electrons. The summed E-state index contributed by atoms with van der Waals surface area (Å²) >= 11 is 0. The van der Waals surface area contributed by atoms with Crippen LogP contribution < -0.4 is 4.74 Å². The number of pyridine rings is 1. The molecule has 2 fully saturated rings. The SMILES string of the molecule is N#Cc1cnc2ccccc2c1OCCOC(=O)C1C2CCCC(F)(F)C21. The van der Waals surface area contributed by atoms with Gasteiger partial charge in [0.15, 0.2) is 0 Å². The summed E-state index contributed by atoms with van der Waals surface area (Å²) in [7, 11) is 0. The number of rotatable bonds is 5. The van der Waals surface area contributed by atoms with Gasteiger partial charge in [0.2, 0.25) is 0 Å². The van der Waals surface area contributed by atoms with E-state index < -0.39 is 23.7 Å². The summed E-state index contributed by atoms with van der Waals surface area (Å²) < 4.78 is 38.5. The molecule has 0 N–H and O–H groups in total. The van der Waals surface area contributed by atoms with Crippen LogP contribution in [0.15, 0.2) is 30.5 Å². The zero-order valence-electron chi connectivity index (χ0n) is 14.5. The lowest BCUT2D eigenvalue weighted by atomic mass is 9.97. The third-order valence-electron chi connectivity index (χ3n) is 5.40. The Morgan fingerprint density at radius 3 is 2.93 bits per heavy atom. The molecule has 4 rings (SSSR count). The minimum Gasteiger partial charge on any atom is -0.488 e. The van der Waals surface area contributed by atoms with Crippen LogP contribution in [0.5, 0.6) is 5.75 Å². The second kappa shape index (κ2) is 6.76. The normalized spacial score (nSPS) is 25.3. The van der Waals surface area contributed by atoms with E-state index in [9.17, 15) is 18.8 Å². The molecular formula is C20H18F2N2O3. The summed E-state index contributed by atoms with van der Waals surface area (Å²) in [6.07, 6.45) is 2.39. The van der Waals surface area contributed by atoms with E-state index in [-0.39, 0.29) is 31.1 Å². The first-order valence-corrected chi connectivity index (χ1v) is 8.98. The number of halogens is 2. The average molecular weight is 372 g/mol. The minimum absolute atomic E-state index is 0.0346. The molecule has 3 atom stereocenters. The van der Waals surface area contributed by atoms with Crippen LogP contribution in [0, 0.1) is 29.1 Å². The molecule has 1 aromatic carbocycles. The summed E-state index contributed by atoms with van der Waals surface area (Å²) in [4.78, 5) is 16.3. The van der Waals surface area contributed by atoms with Crippen molar-refractivity contribution in [2.75, 3.05) is 13.2 Å². The number of benzene rings is 1. The predicted octanol–water partition coefficient (Wildman–Crippen LogP) is 3.71. The van der Waals surface area contributed by atoms with E-state index in [4.69, 9.17) is 9.47 Å². The molecule has 1 aromatic heterocycles. The summed E-state index contributed by atoms with van der Waals surface area (Å²) in [6, 6.07) is 9.27. The zero-order valence-corrected chi connectivity index (χ0v) is 14.5. The number of carbonyl (C=O) groups is 1. The highest BCUT2D eigenvalue weighted by Gasteiger charge is 2.67. The van der Waals surface area contributed by atoms with Crippen LogP contribution in [0.2, 0.25) is 0 Å². The van der Waals surface area contributed by atoms with Crippen molar-refractivity contribution in [2.45, 2.75) is 25.2 Å². The Morgan fingerprint density at radius 2 is 2.15 bits per heavy atom. The topological polar surface area (TPSA) is 72.2 Å². The first kappa shape index (κ1) is 17.7. The standard InChI is InChI=1S/C20H18F2N2O3/c21-20(22)7-3-5-14-16(17(14)20)19(25)27-9-8-26-18-12(10-23)11-24-15-6-2-1-4-13(15)18/h1-2,4,6,11,14,16-17H,3,5,7-9H2. The number of nitriles is 1. The Bertz CT molecular complexity index is 925. The number of ether oxygens (including phenoxy) is 2. The molecule has 0 aliphatic heterocycles. The van der Waals surface area contributed by atoms with E-state index in [0.29, 0.717) is 29.5 Å². The van der Waals surface area contributed by atoms with Crippen LogP contribution in [-0.2, 0) is 9.53 Å².